The van der Waals surface area contributed by atoms with Crippen LogP contribution in [0, 0.1) is 10.1 Å². The number of likely N-dealkylation sites (tertiary alicyclic amines) is 1. The highest BCUT2D eigenvalue weighted by Gasteiger charge is 2.27. The van der Waals surface area contributed by atoms with Crippen molar-refractivity contribution in [1.82, 2.24) is 4.90 Å². The molecule has 2 heterocycles. The summed E-state index contributed by atoms with van der Waals surface area (Å²) in [5, 5.41) is 11.5. The quantitative estimate of drug-likeness (QED) is 0.444. The van der Waals surface area contributed by atoms with E-state index < -0.39 is 0 Å². The van der Waals surface area contributed by atoms with Crippen molar-refractivity contribution in [3.8, 4) is 0 Å². The molecule has 1 aromatic rings. The second-order valence-corrected chi connectivity index (χ2v) is 7.16. The Balaban J connectivity index is 1.65. The van der Waals surface area contributed by atoms with Gasteiger partial charge in [-0.1, -0.05) is 0 Å². The molecule has 0 radical (unpaired) electrons. The molecule has 0 aliphatic carbocycles. The van der Waals surface area contributed by atoms with Crippen LogP contribution in [0.2, 0.25) is 0 Å². The zero-order valence-corrected chi connectivity index (χ0v) is 15.6. The second-order valence-electron chi connectivity index (χ2n) is 7.16. The first-order chi connectivity index (χ1) is 13.1. The summed E-state index contributed by atoms with van der Waals surface area (Å²) in [5.74, 6) is -0.147. The van der Waals surface area contributed by atoms with E-state index in [0.717, 1.165) is 45.2 Å². The molecule has 1 aromatic carbocycles. The maximum absolute atomic E-state index is 12.8. The molecule has 8 nitrogen and oxygen atoms in total. The molecule has 0 aromatic heterocycles. The fraction of sp³-hybridized carbons (Fsp3) is 0.632. The van der Waals surface area contributed by atoms with Crippen LogP contribution >= 0.6 is 0 Å². The first-order valence-electron chi connectivity index (χ1n) is 9.74. The summed E-state index contributed by atoms with van der Waals surface area (Å²) in [6.07, 6.45) is 4.65. The molecule has 0 bridgehead atoms. The van der Waals surface area contributed by atoms with Gasteiger partial charge in [0.1, 0.15) is 5.69 Å². The normalized spacial score (nSPS) is 18.1. The molecule has 2 aliphatic heterocycles. The summed E-state index contributed by atoms with van der Waals surface area (Å²) in [6, 6.07) is 4.87. The van der Waals surface area contributed by atoms with Crippen LogP contribution in [-0.4, -0.2) is 61.2 Å². The van der Waals surface area contributed by atoms with Crippen LogP contribution in [0.5, 0.6) is 0 Å². The Kier molecular flexibility index (Phi) is 6.63. The lowest BCUT2D eigenvalue weighted by atomic mass is 10.1. The number of nitrogens with zero attached hydrogens (tertiary/aromatic N) is 3. The number of benzene rings is 1. The first kappa shape index (κ1) is 19.6. The molecule has 27 heavy (non-hydrogen) atoms. The molecule has 2 saturated heterocycles. The van der Waals surface area contributed by atoms with Crippen molar-refractivity contribution in [2.24, 2.45) is 5.73 Å². The zero-order chi connectivity index (χ0) is 19.2. The Morgan fingerprint density at radius 2 is 1.93 bits per heavy atom. The maximum Gasteiger partial charge on any atom is 0.293 e. The summed E-state index contributed by atoms with van der Waals surface area (Å²) in [4.78, 5) is 27.7. The van der Waals surface area contributed by atoms with Crippen molar-refractivity contribution in [3.05, 3.63) is 33.9 Å². The van der Waals surface area contributed by atoms with Crippen molar-refractivity contribution >= 4 is 17.3 Å². The summed E-state index contributed by atoms with van der Waals surface area (Å²) >= 11 is 0. The van der Waals surface area contributed by atoms with E-state index in [-0.39, 0.29) is 22.6 Å². The van der Waals surface area contributed by atoms with E-state index >= 15 is 0 Å². The number of anilines is 1. The molecule has 3 rings (SSSR count). The van der Waals surface area contributed by atoms with E-state index in [9.17, 15) is 14.9 Å². The number of nitro groups is 1. The van der Waals surface area contributed by atoms with Crippen molar-refractivity contribution in [2.45, 2.75) is 38.2 Å². The van der Waals surface area contributed by atoms with Crippen LogP contribution < -0.4 is 10.6 Å². The number of hydrogen-bond acceptors (Lipinski definition) is 6. The van der Waals surface area contributed by atoms with Gasteiger partial charge in [-0.3, -0.25) is 14.9 Å². The predicted octanol–water partition coefficient (Wildman–Crippen LogP) is 2.17. The summed E-state index contributed by atoms with van der Waals surface area (Å²) < 4.78 is 5.77. The number of carbonyl (C=O) groups is 1. The van der Waals surface area contributed by atoms with Crippen LogP contribution in [0.15, 0.2) is 18.2 Å². The van der Waals surface area contributed by atoms with Crippen LogP contribution in [-0.2, 0) is 4.74 Å². The minimum absolute atomic E-state index is 0.0164. The van der Waals surface area contributed by atoms with E-state index in [2.05, 4.69) is 0 Å². The smallest absolute Gasteiger partial charge is 0.293 e. The van der Waals surface area contributed by atoms with Gasteiger partial charge in [-0.15, -0.1) is 0 Å². The third kappa shape index (κ3) is 4.75. The Labute approximate surface area is 159 Å². The summed E-state index contributed by atoms with van der Waals surface area (Å²) in [7, 11) is 0. The molecular weight excluding hydrogens is 348 g/mol. The van der Waals surface area contributed by atoms with Gasteiger partial charge in [0.05, 0.1) is 11.0 Å². The monoisotopic (exact) mass is 376 g/mol. The lowest BCUT2D eigenvalue weighted by molar-refractivity contribution is -0.384. The molecule has 8 heteroatoms. The Hall–Kier alpha value is -2.19. The standard InChI is InChI=1S/C19H28N4O4/c20-8-3-13-27-16-6-11-22(12-7-16)19(24)15-4-5-17(18(14-15)23(25)26)21-9-1-2-10-21/h4-5,14,16H,1-3,6-13,20H2. The van der Waals surface area contributed by atoms with E-state index in [1.165, 1.54) is 6.07 Å². The largest absolute Gasteiger partial charge is 0.378 e. The molecule has 1 amide bonds. The van der Waals surface area contributed by atoms with Gasteiger partial charge < -0.3 is 20.3 Å². The highest BCUT2D eigenvalue weighted by atomic mass is 16.6. The van der Waals surface area contributed by atoms with Crippen LogP contribution in [0.25, 0.3) is 0 Å². The average molecular weight is 376 g/mol. The molecule has 0 atom stereocenters. The van der Waals surface area contributed by atoms with Gasteiger partial charge in [0, 0.05) is 44.4 Å². The number of hydrogen-bond donors (Lipinski definition) is 1. The van der Waals surface area contributed by atoms with Gasteiger partial charge in [-0.2, -0.15) is 0 Å². The summed E-state index contributed by atoms with van der Waals surface area (Å²) in [5.41, 5.74) is 6.48. The number of carbonyl (C=O) groups excluding carboxylic acids is 1. The van der Waals surface area contributed by atoms with E-state index in [1.807, 2.05) is 4.90 Å². The number of nitro benzene ring substituents is 1. The molecular formula is C19H28N4O4. The molecule has 2 fully saturated rings. The Morgan fingerprint density at radius 1 is 1.22 bits per heavy atom. The first-order valence-corrected chi connectivity index (χ1v) is 9.74. The number of amides is 1. The van der Waals surface area contributed by atoms with Gasteiger partial charge in [0.15, 0.2) is 0 Å². The second kappa shape index (κ2) is 9.14. The molecule has 2 aliphatic rings. The van der Waals surface area contributed by atoms with E-state index in [4.69, 9.17) is 10.5 Å². The van der Waals surface area contributed by atoms with Crippen LogP contribution in [0.3, 0.4) is 0 Å². The predicted molar refractivity (Wildman–Crippen MR) is 103 cm³/mol. The lowest BCUT2D eigenvalue weighted by Gasteiger charge is -2.32. The highest BCUT2D eigenvalue weighted by Crippen LogP contribution is 2.32. The fourth-order valence-corrected chi connectivity index (χ4v) is 3.77. The molecule has 0 unspecified atom stereocenters. The number of ether oxygens (including phenoxy) is 1. The number of piperidine rings is 1. The van der Waals surface area contributed by atoms with Gasteiger partial charge in [0.2, 0.25) is 0 Å². The molecule has 0 spiro atoms. The van der Waals surface area contributed by atoms with Crippen LogP contribution in [0.1, 0.15) is 42.5 Å². The third-order valence-electron chi connectivity index (χ3n) is 5.30. The molecule has 2 N–H and O–H groups in total. The van der Waals surface area contributed by atoms with Gasteiger partial charge in [0.25, 0.3) is 11.6 Å². The minimum Gasteiger partial charge on any atom is -0.378 e. The molecule has 0 saturated carbocycles. The van der Waals surface area contributed by atoms with Gasteiger partial charge >= 0.3 is 0 Å². The van der Waals surface area contributed by atoms with Gasteiger partial charge in [-0.25, -0.2) is 0 Å². The minimum atomic E-state index is -0.387. The third-order valence-corrected chi connectivity index (χ3v) is 5.30. The Morgan fingerprint density at radius 3 is 2.56 bits per heavy atom. The molecule has 148 valence electrons. The van der Waals surface area contributed by atoms with E-state index in [1.54, 1.807) is 17.0 Å². The summed E-state index contributed by atoms with van der Waals surface area (Å²) in [6.45, 7) is 4.13. The SMILES string of the molecule is NCCCOC1CCN(C(=O)c2ccc(N3CCCC3)c([N+](=O)[O-])c2)CC1. The van der Waals surface area contributed by atoms with Crippen molar-refractivity contribution < 1.29 is 14.5 Å². The number of rotatable bonds is 7. The van der Waals surface area contributed by atoms with Crippen molar-refractivity contribution in [1.29, 1.82) is 0 Å². The average Bonchev–Trinajstić information content (AvgIpc) is 3.22. The highest BCUT2D eigenvalue weighted by molar-refractivity contribution is 5.96. The Bertz CT molecular complexity index is 668. The van der Waals surface area contributed by atoms with E-state index in [0.29, 0.717) is 37.5 Å². The topological polar surface area (TPSA) is 102 Å². The van der Waals surface area contributed by atoms with Gasteiger partial charge in [-0.05, 0) is 50.8 Å². The fourth-order valence-electron chi connectivity index (χ4n) is 3.77. The van der Waals surface area contributed by atoms with Crippen LogP contribution in [0.4, 0.5) is 11.4 Å². The zero-order valence-electron chi connectivity index (χ0n) is 15.6. The maximum atomic E-state index is 12.8. The van der Waals surface area contributed by atoms with Crippen molar-refractivity contribution in [2.75, 3.05) is 44.2 Å². The van der Waals surface area contributed by atoms with Crippen molar-refractivity contribution in [3.63, 3.8) is 0 Å². The number of nitrogens with two attached hydrogens (primary N) is 1. The lowest BCUT2D eigenvalue weighted by Crippen LogP contribution is -2.41.